The molecule has 0 spiro atoms. The largest absolute Gasteiger partial charge is 0.299 e. The van der Waals surface area contributed by atoms with Gasteiger partial charge in [-0.05, 0) is 17.3 Å². The van der Waals surface area contributed by atoms with Gasteiger partial charge in [-0.2, -0.15) is 0 Å². The summed E-state index contributed by atoms with van der Waals surface area (Å²) in [6.07, 6.45) is 1.97. The van der Waals surface area contributed by atoms with E-state index >= 15 is 0 Å². The van der Waals surface area contributed by atoms with Gasteiger partial charge in [-0.1, -0.05) is 20.8 Å². The smallest absolute Gasteiger partial charge is 0.137 e. The average molecular weight is 138 g/mol. The lowest BCUT2D eigenvalue weighted by Crippen LogP contribution is -2.19. The van der Waals surface area contributed by atoms with Gasteiger partial charge >= 0.3 is 0 Å². The SMILES string of the molecule is CC1(C)CC(=O)C2CC21C. The topological polar surface area (TPSA) is 17.1 Å². The third-order valence-corrected chi connectivity index (χ3v) is 3.79. The fourth-order valence-corrected chi connectivity index (χ4v) is 2.34. The second kappa shape index (κ2) is 1.32. The molecule has 0 bridgehead atoms. The maximum Gasteiger partial charge on any atom is 0.137 e. The first kappa shape index (κ1) is 6.38. The van der Waals surface area contributed by atoms with Gasteiger partial charge in [0.05, 0.1) is 0 Å². The van der Waals surface area contributed by atoms with Gasteiger partial charge in [0.15, 0.2) is 0 Å². The lowest BCUT2D eigenvalue weighted by Gasteiger charge is -2.26. The number of hydrogen-bond donors (Lipinski definition) is 0. The Morgan fingerprint density at radius 3 is 2.10 bits per heavy atom. The van der Waals surface area contributed by atoms with Crippen LogP contribution in [-0.2, 0) is 4.79 Å². The standard InChI is InChI=1S/C9H14O/c1-8(2)5-7(10)6-4-9(6,8)3/h6H,4-5H2,1-3H3. The molecule has 0 saturated heterocycles. The van der Waals surface area contributed by atoms with Crippen LogP contribution in [0.5, 0.6) is 0 Å². The van der Waals surface area contributed by atoms with Gasteiger partial charge < -0.3 is 0 Å². The molecule has 0 heterocycles. The van der Waals surface area contributed by atoms with Gasteiger partial charge in [-0.15, -0.1) is 0 Å². The Hall–Kier alpha value is -0.330. The van der Waals surface area contributed by atoms with E-state index in [1.165, 1.54) is 0 Å². The third-order valence-electron chi connectivity index (χ3n) is 3.79. The zero-order valence-electron chi connectivity index (χ0n) is 6.90. The van der Waals surface area contributed by atoms with Crippen LogP contribution in [0.25, 0.3) is 0 Å². The first-order chi connectivity index (χ1) is 4.47. The van der Waals surface area contributed by atoms with Crippen LogP contribution in [0.1, 0.15) is 33.6 Å². The summed E-state index contributed by atoms with van der Waals surface area (Å²) >= 11 is 0. The molecule has 56 valence electrons. The van der Waals surface area contributed by atoms with E-state index in [4.69, 9.17) is 0 Å². The molecule has 1 heteroatoms. The fraction of sp³-hybridized carbons (Fsp3) is 0.889. The van der Waals surface area contributed by atoms with Crippen LogP contribution < -0.4 is 0 Å². The molecule has 2 unspecified atom stereocenters. The van der Waals surface area contributed by atoms with E-state index in [0.29, 0.717) is 17.1 Å². The molecule has 0 aromatic heterocycles. The monoisotopic (exact) mass is 138 g/mol. The van der Waals surface area contributed by atoms with Crippen molar-refractivity contribution < 1.29 is 4.79 Å². The Balaban J connectivity index is 2.37. The van der Waals surface area contributed by atoms with Crippen molar-refractivity contribution in [2.45, 2.75) is 33.6 Å². The minimum absolute atomic E-state index is 0.286. The molecule has 2 aliphatic carbocycles. The normalized spacial score (nSPS) is 49.1. The number of carbonyl (C=O) groups is 1. The van der Waals surface area contributed by atoms with Crippen molar-refractivity contribution in [3.63, 3.8) is 0 Å². The maximum absolute atomic E-state index is 11.2. The fourth-order valence-electron chi connectivity index (χ4n) is 2.34. The van der Waals surface area contributed by atoms with Crippen molar-refractivity contribution in [1.82, 2.24) is 0 Å². The Morgan fingerprint density at radius 2 is 2.00 bits per heavy atom. The second-order valence-corrected chi connectivity index (χ2v) is 4.70. The highest BCUT2D eigenvalue weighted by Gasteiger charge is 2.67. The van der Waals surface area contributed by atoms with Crippen LogP contribution in [-0.4, -0.2) is 5.78 Å². The Bertz CT molecular complexity index is 202. The molecular formula is C9H14O. The van der Waals surface area contributed by atoms with Crippen LogP contribution in [0.3, 0.4) is 0 Å². The molecule has 2 saturated carbocycles. The number of rotatable bonds is 0. The van der Waals surface area contributed by atoms with Crippen molar-refractivity contribution in [3.05, 3.63) is 0 Å². The predicted molar refractivity (Wildman–Crippen MR) is 39.6 cm³/mol. The summed E-state index contributed by atoms with van der Waals surface area (Å²) in [5, 5.41) is 0. The molecule has 0 N–H and O–H groups in total. The minimum atomic E-state index is 0.286. The number of Topliss-reactive ketones (excluding diaryl/α,β-unsaturated/α-hetero) is 1. The van der Waals surface area contributed by atoms with Crippen LogP contribution in [0.4, 0.5) is 0 Å². The molecule has 0 amide bonds. The average Bonchev–Trinajstić information content (AvgIpc) is 2.37. The number of hydrogen-bond acceptors (Lipinski definition) is 1. The number of ketones is 1. The molecule has 0 aromatic carbocycles. The maximum atomic E-state index is 11.2. The van der Waals surface area contributed by atoms with Gasteiger partial charge in [-0.3, -0.25) is 4.79 Å². The van der Waals surface area contributed by atoms with Gasteiger partial charge in [0.2, 0.25) is 0 Å². The zero-order valence-corrected chi connectivity index (χ0v) is 6.90. The van der Waals surface area contributed by atoms with Gasteiger partial charge in [0.25, 0.3) is 0 Å². The van der Waals surface area contributed by atoms with E-state index in [1.54, 1.807) is 0 Å². The molecule has 2 rings (SSSR count). The quantitative estimate of drug-likeness (QED) is 0.500. The summed E-state index contributed by atoms with van der Waals surface area (Å²) in [4.78, 5) is 11.2. The van der Waals surface area contributed by atoms with E-state index in [2.05, 4.69) is 20.8 Å². The molecule has 0 aliphatic heterocycles. The van der Waals surface area contributed by atoms with Crippen LogP contribution in [0.2, 0.25) is 0 Å². The predicted octanol–water partition coefficient (Wildman–Crippen LogP) is 2.01. The Labute approximate surface area is 61.8 Å². The molecule has 2 fully saturated rings. The van der Waals surface area contributed by atoms with E-state index in [9.17, 15) is 4.79 Å². The van der Waals surface area contributed by atoms with Gasteiger partial charge in [0, 0.05) is 12.3 Å². The summed E-state index contributed by atoms with van der Waals surface area (Å²) in [7, 11) is 0. The molecular weight excluding hydrogens is 124 g/mol. The number of carbonyl (C=O) groups excluding carboxylic acids is 1. The van der Waals surface area contributed by atoms with Crippen LogP contribution in [0, 0.1) is 16.7 Å². The Morgan fingerprint density at radius 1 is 1.40 bits per heavy atom. The van der Waals surface area contributed by atoms with Gasteiger partial charge in [-0.25, -0.2) is 0 Å². The summed E-state index contributed by atoms with van der Waals surface area (Å²) in [5.41, 5.74) is 0.666. The van der Waals surface area contributed by atoms with E-state index in [1.807, 2.05) is 0 Å². The highest BCUT2D eigenvalue weighted by atomic mass is 16.1. The Kier molecular flexibility index (Phi) is 0.842. The second-order valence-electron chi connectivity index (χ2n) is 4.70. The van der Waals surface area contributed by atoms with Crippen LogP contribution >= 0.6 is 0 Å². The van der Waals surface area contributed by atoms with Crippen molar-refractivity contribution >= 4 is 5.78 Å². The van der Waals surface area contributed by atoms with Crippen molar-refractivity contribution in [2.75, 3.05) is 0 Å². The van der Waals surface area contributed by atoms with Crippen LogP contribution in [0.15, 0.2) is 0 Å². The molecule has 2 atom stereocenters. The molecule has 0 aromatic rings. The third kappa shape index (κ3) is 0.480. The molecule has 2 aliphatic rings. The number of fused-ring (bicyclic) bond motifs is 1. The summed E-state index contributed by atoms with van der Waals surface area (Å²) in [5.74, 6) is 0.940. The van der Waals surface area contributed by atoms with Crippen molar-refractivity contribution in [2.24, 2.45) is 16.7 Å². The lowest BCUT2D eigenvalue weighted by molar-refractivity contribution is -0.119. The minimum Gasteiger partial charge on any atom is -0.299 e. The van der Waals surface area contributed by atoms with E-state index in [0.717, 1.165) is 12.8 Å². The highest BCUT2D eigenvalue weighted by molar-refractivity contribution is 5.88. The first-order valence-corrected chi connectivity index (χ1v) is 4.00. The van der Waals surface area contributed by atoms with E-state index in [-0.39, 0.29) is 5.41 Å². The van der Waals surface area contributed by atoms with Crippen molar-refractivity contribution in [3.8, 4) is 0 Å². The highest BCUT2D eigenvalue weighted by Crippen LogP contribution is 2.70. The lowest BCUT2D eigenvalue weighted by atomic mass is 9.78. The first-order valence-electron chi connectivity index (χ1n) is 4.00. The van der Waals surface area contributed by atoms with Crippen molar-refractivity contribution in [1.29, 1.82) is 0 Å². The molecule has 0 radical (unpaired) electrons. The molecule has 10 heavy (non-hydrogen) atoms. The summed E-state index contributed by atoms with van der Waals surface area (Å²) < 4.78 is 0. The zero-order chi connectivity index (χ0) is 7.57. The summed E-state index contributed by atoms with van der Waals surface area (Å²) in [6.45, 7) is 6.69. The molecule has 1 nitrogen and oxygen atoms in total. The van der Waals surface area contributed by atoms with E-state index < -0.39 is 0 Å². The summed E-state index contributed by atoms with van der Waals surface area (Å²) in [6, 6.07) is 0. The van der Waals surface area contributed by atoms with Gasteiger partial charge in [0.1, 0.15) is 5.78 Å².